The van der Waals surface area contributed by atoms with Crippen molar-refractivity contribution in [2.24, 2.45) is 0 Å². The van der Waals surface area contributed by atoms with Crippen LogP contribution in [0.15, 0.2) is 30.3 Å². The summed E-state index contributed by atoms with van der Waals surface area (Å²) in [7, 11) is 0. The van der Waals surface area contributed by atoms with Crippen molar-refractivity contribution < 1.29 is 17.7 Å². The molecule has 0 amide bonds. The predicted molar refractivity (Wildman–Crippen MR) is 103 cm³/mol. The van der Waals surface area contributed by atoms with Crippen LogP contribution in [-0.2, 0) is 6.42 Å². The lowest BCUT2D eigenvalue weighted by molar-refractivity contribution is -0.654. The Balaban J connectivity index is 0.00000529. The highest BCUT2D eigenvalue weighted by Crippen LogP contribution is 2.11. The fraction of sp³-hybridized carbons (Fsp3) is 0.727. The molecule has 1 aromatic carbocycles. The minimum atomic E-state index is 0. The molecule has 0 heterocycles. The Labute approximate surface area is 157 Å². The van der Waals surface area contributed by atoms with E-state index in [2.05, 4.69) is 42.6 Å². The van der Waals surface area contributed by atoms with E-state index < -0.39 is 0 Å². The molecule has 1 aromatic rings. The Morgan fingerprint density at radius 2 is 1.12 bits per heavy atom. The first-order valence-corrected chi connectivity index (χ1v) is 10.3. The summed E-state index contributed by atoms with van der Waals surface area (Å²) in [5.41, 5.74) is 1.47. The van der Waals surface area contributed by atoms with Crippen LogP contribution in [0.5, 0.6) is 0 Å². The molecule has 0 aliphatic carbocycles. The van der Waals surface area contributed by atoms with Gasteiger partial charge in [-0.2, -0.15) is 0 Å². The van der Waals surface area contributed by atoms with Crippen LogP contribution in [0.4, 0.5) is 0 Å². The van der Waals surface area contributed by atoms with Gasteiger partial charge in [0.05, 0.1) is 13.1 Å². The molecule has 0 aliphatic heterocycles. The molecule has 1 rings (SSSR count). The van der Waals surface area contributed by atoms with Crippen molar-refractivity contribution in [1.82, 2.24) is 0 Å². The van der Waals surface area contributed by atoms with Crippen LogP contribution in [0.25, 0.3) is 0 Å². The second-order valence-electron chi connectivity index (χ2n) is 6.99. The average Bonchev–Trinajstić information content (AvgIpc) is 2.59. The average molecular weight is 354 g/mol. The van der Waals surface area contributed by atoms with Gasteiger partial charge in [-0.3, -0.25) is 0 Å². The molecule has 24 heavy (non-hydrogen) atoms. The normalized spacial score (nSPS) is 10.5. The topological polar surface area (TPSA) is 16.6 Å². The Bertz CT molecular complexity index is 339. The van der Waals surface area contributed by atoms with Crippen molar-refractivity contribution in [3.05, 3.63) is 35.9 Å². The van der Waals surface area contributed by atoms with Gasteiger partial charge in [-0.15, -0.1) is 0 Å². The minimum absolute atomic E-state index is 0. The van der Waals surface area contributed by atoms with E-state index in [1.54, 1.807) is 0 Å². The summed E-state index contributed by atoms with van der Waals surface area (Å²) in [6.45, 7) is 4.84. The van der Waals surface area contributed by atoms with Gasteiger partial charge in [0.25, 0.3) is 0 Å². The van der Waals surface area contributed by atoms with Crippen LogP contribution in [0, 0.1) is 0 Å². The standard InChI is InChI=1S/C22H39N.ClH/c1-2-3-4-5-6-7-8-9-10-11-12-16-20-23-21-19-22-17-14-13-15-18-22;/h13-15,17-18,23H,2-12,16,19-21H2,1H3;1H. The molecule has 0 saturated carbocycles. The van der Waals surface area contributed by atoms with E-state index in [1.165, 1.54) is 102 Å². The Hall–Kier alpha value is -0.530. The molecule has 0 unspecified atom stereocenters. The molecule has 0 aliphatic rings. The summed E-state index contributed by atoms with van der Waals surface area (Å²) >= 11 is 0. The van der Waals surface area contributed by atoms with Gasteiger partial charge in [0, 0.05) is 6.42 Å². The zero-order chi connectivity index (χ0) is 16.4. The fourth-order valence-corrected chi connectivity index (χ4v) is 3.19. The van der Waals surface area contributed by atoms with Gasteiger partial charge in [0.2, 0.25) is 0 Å². The van der Waals surface area contributed by atoms with Gasteiger partial charge in [0.1, 0.15) is 0 Å². The number of benzene rings is 1. The quantitative estimate of drug-likeness (QED) is 0.440. The van der Waals surface area contributed by atoms with Crippen LogP contribution >= 0.6 is 0 Å². The van der Waals surface area contributed by atoms with Crippen LogP contribution < -0.4 is 17.7 Å². The summed E-state index contributed by atoms with van der Waals surface area (Å²) in [4.78, 5) is 0. The van der Waals surface area contributed by atoms with Crippen molar-refractivity contribution in [2.75, 3.05) is 13.1 Å². The molecular formula is C22H40ClN. The highest BCUT2D eigenvalue weighted by atomic mass is 35.5. The van der Waals surface area contributed by atoms with Gasteiger partial charge < -0.3 is 17.7 Å². The van der Waals surface area contributed by atoms with E-state index in [-0.39, 0.29) is 12.4 Å². The van der Waals surface area contributed by atoms with Crippen LogP contribution in [0.2, 0.25) is 0 Å². The highest BCUT2D eigenvalue weighted by molar-refractivity contribution is 5.14. The maximum Gasteiger partial charge on any atom is 0.0796 e. The smallest absolute Gasteiger partial charge is 0.0796 e. The van der Waals surface area contributed by atoms with Gasteiger partial charge >= 0.3 is 0 Å². The Kier molecular flexibility index (Phi) is 18.4. The third-order valence-corrected chi connectivity index (χ3v) is 4.74. The molecule has 140 valence electrons. The fourth-order valence-electron chi connectivity index (χ4n) is 3.19. The van der Waals surface area contributed by atoms with E-state index in [0.29, 0.717) is 0 Å². The maximum absolute atomic E-state index is 2.49. The molecular weight excluding hydrogens is 314 g/mol. The third-order valence-electron chi connectivity index (χ3n) is 4.74. The number of hydrogen-bond donors (Lipinski definition) is 1. The van der Waals surface area contributed by atoms with Gasteiger partial charge in [-0.25, -0.2) is 0 Å². The van der Waals surface area contributed by atoms with Crippen molar-refractivity contribution in [1.29, 1.82) is 0 Å². The third kappa shape index (κ3) is 15.0. The van der Waals surface area contributed by atoms with E-state index in [1.807, 2.05) is 0 Å². The molecule has 0 radical (unpaired) electrons. The Morgan fingerprint density at radius 3 is 1.67 bits per heavy atom. The summed E-state index contributed by atoms with van der Waals surface area (Å²) in [6, 6.07) is 10.8. The second kappa shape index (κ2) is 18.8. The number of unbranched alkanes of at least 4 members (excludes halogenated alkanes) is 11. The predicted octanol–water partition coefficient (Wildman–Crippen LogP) is 2.50. The van der Waals surface area contributed by atoms with Crippen molar-refractivity contribution >= 4 is 0 Å². The largest absolute Gasteiger partial charge is 1.00 e. The monoisotopic (exact) mass is 353 g/mol. The zero-order valence-electron chi connectivity index (χ0n) is 15.9. The molecule has 0 aromatic heterocycles. The second-order valence-corrected chi connectivity index (χ2v) is 6.99. The molecule has 0 spiro atoms. The number of quaternary nitrogens is 1. The molecule has 0 bridgehead atoms. The lowest BCUT2D eigenvalue weighted by Gasteiger charge is -2.03. The summed E-state index contributed by atoms with van der Waals surface area (Å²) < 4.78 is 0. The molecule has 2 heteroatoms. The lowest BCUT2D eigenvalue weighted by atomic mass is 10.1. The first-order valence-electron chi connectivity index (χ1n) is 10.3. The van der Waals surface area contributed by atoms with Gasteiger partial charge in [0.15, 0.2) is 0 Å². The summed E-state index contributed by atoms with van der Waals surface area (Å²) in [5, 5.41) is 2.49. The number of hydrogen-bond acceptors (Lipinski definition) is 0. The van der Waals surface area contributed by atoms with E-state index >= 15 is 0 Å². The van der Waals surface area contributed by atoms with E-state index in [0.717, 1.165) is 0 Å². The number of rotatable bonds is 16. The molecule has 2 N–H and O–H groups in total. The SMILES string of the molecule is CCCCCCCCCCCCCC[NH2+]CCc1ccccc1.[Cl-]. The van der Waals surface area contributed by atoms with Crippen molar-refractivity contribution in [3.63, 3.8) is 0 Å². The molecule has 0 atom stereocenters. The van der Waals surface area contributed by atoms with Crippen LogP contribution in [0.1, 0.15) is 89.5 Å². The summed E-state index contributed by atoms with van der Waals surface area (Å²) in [5.74, 6) is 0. The van der Waals surface area contributed by atoms with E-state index in [4.69, 9.17) is 0 Å². The van der Waals surface area contributed by atoms with Crippen molar-refractivity contribution in [3.8, 4) is 0 Å². The first kappa shape index (κ1) is 23.5. The van der Waals surface area contributed by atoms with E-state index in [9.17, 15) is 0 Å². The van der Waals surface area contributed by atoms with Gasteiger partial charge in [-0.05, 0) is 18.4 Å². The molecule has 1 nitrogen and oxygen atoms in total. The lowest BCUT2D eigenvalue weighted by Crippen LogP contribution is -3.00. The Morgan fingerprint density at radius 1 is 0.625 bits per heavy atom. The van der Waals surface area contributed by atoms with Gasteiger partial charge in [-0.1, -0.05) is 101 Å². The maximum atomic E-state index is 2.49. The van der Waals surface area contributed by atoms with Crippen LogP contribution in [-0.4, -0.2) is 13.1 Å². The summed E-state index contributed by atoms with van der Waals surface area (Å²) in [6.07, 6.45) is 18.5. The van der Waals surface area contributed by atoms with Crippen LogP contribution in [0.3, 0.4) is 0 Å². The number of nitrogens with two attached hydrogens (primary N) is 1. The highest BCUT2D eigenvalue weighted by Gasteiger charge is 1.96. The number of halogens is 1. The van der Waals surface area contributed by atoms with Crippen molar-refractivity contribution in [2.45, 2.75) is 90.4 Å². The first-order chi connectivity index (χ1) is 11.4. The zero-order valence-corrected chi connectivity index (χ0v) is 16.7. The minimum Gasteiger partial charge on any atom is -1.00 e. The molecule has 0 fully saturated rings. The molecule has 0 saturated heterocycles.